The fourth-order valence-electron chi connectivity index (χ4n) is 4.23. The van der Waals surface area contributed by atoms with Gasteiger partial charge in [-0.05, 0) is 26.7 Å². The van der Waals surface area contributed by atoms with Crippen LogP contribution in [0.15, 0.2) is 10.6 Å². The van der Waals surface area contributed by atoms with Crippen molar-refractivity contribution in [2.45, 2.75) is 51.8 Å². The lowest BCUT2D eigenvalue weighted by molar-refractivity contribution is -0.166. The van der Waals surface area contributed by atoms with Crippen LogP contribution in [0, 0.1) is 11.3 Å². The van der Waals surface area contributed by atoms with Gasteiger partial charge in [0, 0.05) is 36.1 Å². The molecule has 6 nitrogen and oxygen atoms in total. The Balaban J connectivity index is 1.79. The van der Waals surface area contributed by atoms with Crippen molar-refractivity contribution in [3.05, 3.63) is 10.6 Å². The summed E-state index contributed by atoms with van der Waals surface area (Å²) in [6, 6.07) is -0.0593. The van der Waals surface area contributed by atoms with E-state index in [-0.39, 0.29) is 29.5 Å². The normalized spacial score (nSPS) is 29.6. The zero-order valence-electron chi connectivity index (χ0n) is 14.5. The SMILES string of the molecule is CC(=O)N1CCC(SC2=C(C(=O)O)N3C(=O)C(C)(C)[C@@H]3[C@H]2C)CC1. The maximum atomic E-state index is 12.4. The van der Waals surface area contributed by atoms with Gasteiger partial charge in [-0.1, -0.05) is 6.92 Å². The third kappa shape index (κ3) is 2.44. The summed E-state index contributed by atoms with van der Waals surface area (Å²) < 4.78 is 0. The van der Waals surface area contributed by atoms with Crippen LogP contribution in [0.5, 0.6) is 0 Å². The largest absolute Gasteiger partial charge is 0.477 e. The van der Waals surface area contributed by atoms with Gasteiger partial charge in [0.1, 0.15) is 5.70 Å². The lowest BCUT2D eigenvalue weighted by Crippen LogP contribution is -2.65. The van der Waals surface area contributed by atoms with E-state index in [1.165, 1.54) is 4.90 Å². The molecule has 0 aromatic heterocycles. The number of fused-ring (bicyclic) bond motifs is 1. The molecule has 3 aliphatic rings. The molecule has 132 valence electrons. The van der Waals surface area contributed by atoms with E-state index in [2.05, 4.69) is 0 Å². The predicted octanol–water partition coefficient (Wildman–Crippen LogP) is 1.91. The van der Waals surface area contributed by atoms with Crippen LogP contribution in [0.4, 0.5) is 0 Å². The molecule has 0 aromatic carbocycles. The maximum Gasteiger partial charge on any atom is 0.353 e. The Morgan fingerprint density at radius 2 is 1.83 bits per heavy atom. The van der Waals surface area contributed by atoms with Crippen LogP contribution in [0.25, 0.3) is 0 Å². The number of carbonyl (C=O) groups is 3. The lowest BCUT2D eigenvalue weighted by Gasteiger charge is -2.51. The number of carboxylic acid groups (broad SMARTS) is 1. The van der Waals surface area contributed by atoms with E-state index in [9.17, 15) is 19.5 Å². The van der Waals surface area contributed by atoms with Gasteiger partial charge in [0.2, 0.25) is 11.8 Å². The molecule has 0 aliphatic carbocycles. The Morgan fingerprint density at radius 1 is 1.25 bits per heavy atom. The van der Waals surface area contributed by atoms with Gasteiger partial charge in [-0.25, -0.2) is 4.79 Å². The zero-order valence-corrected chi connectivity index (χ0v) is 15.4. The summed E-state index contributed by atoms with van der Waals surface area (Å²) in [6.45, 7) is 8.82. The summed E-state index contributed by atoms with van der Waals surface area (Å²) in [7, 11) is 0. The number of piperidine rings is 1. The van der Waals surface area contributed by atoms with E-state index >= 15 is 0 Å². The Hall–Kier alpha value is -1.50. The summed E-state index contributed by atoms with van der Waals surface area (Å²) in [5.74, 6) is -0.982. The second-order valence-electron chi connectivity index (χ2n) is 7.47. The van der Waals surface area contributed by atoms with Crippen molar-refractivity contribution in [2.75, 3.05) is 13.1 Å². The highest BCUT2D eigenvalue weighted by molar-refractivity contribution is 8.03. The standard InChI is InChI=1S/C17H24N2O4S/c1-9-13(24-11-5-7-18(8-6-11)10(2)20)12(15(21)22)19-14(9)17(3,4)16(19)23/h9,11,14H,5-8H2,1-4H3,(H,21,22)/t9-,14-/m0/s1. The van der Waals surface area contributed by atoms with E-state index in [4.69, 9.17) is 0 Å². The first-order valence-electron chi connectivity index (χ1n) is 8.39. The van der Waals surface area contributed by atoms with Gasteiger partial charge >= 0.3 is 5.97 Å². The smallest absolute Gasteiger partial charge is 0.353 e. The summed E-state index contributed by atoms with van der Waals surface area (Å²) in [5, 5.41) is 9.93. The molecule has 2 fully saturated rings. The molecule has 3 heterocycles. The van der Waals surface area contributed by atoms with Gasteiger partial charge in [-0.15, -0.1) is 11.8 Å². The van der Waals surface area contributed by atoms with Crippen molar-refractivity contribution in [3.8, 4) is 0 Å². The number of carbonyl (C=O) groups excluding carboxylic acids is 2. The number of β-lactam (4-membered cyclic amide) rings is 1. The highest BCUT2D eigenvalue weighted by Gasteiger charge is 2.63. The van der Waals surface area contributed by atoms with Gasteiger partial charge in [0.25, 0.3) is 0 Å². The van der Waals surface area contributed by atoms with E-state index in [1.807, 2.05) is 25.7 Å². The Bertz CT molecular complexity index is 635. The first kappa shape index (κ1) is 17.3. The summed E-state index contributed by atoms with van der Waals surface area (Å²) in [4.78, 5) is 39.7. The number of nitrogens with zero attached hydrogens (tertiary/aromatic N) is 2. The molecular formula is C17H24N2O4S. The number of amides is 2. The van der Waals surface area contributed by atoms with E-state index in [0.717, 1.165) is 17.7 Å². The van der Waals surface area contributed by atoms with Crippen molar-refractivity contribution in [2.24, 2.45) is 11.3 Å². The number of carboxylic acids is 1. The van der Waals surface area contributed by atoms with Crippen molar-refractivity contribution < 1.29 is 19.5 Å². The predicted molar refractivity (Wildman–Crippen MR) is 91.1 cm³/mol. The van der Waals surface area contributed by atoms with Crippen molar-refractivity contribution in [1.29, 1.82) is 0 Å². The number of rotatable bonds is 3. The molecule has 2 saturated heterocycles. The second kappa shape index (κ2) is 5.79. The molecular weight excluding hydrogens is 328 g/mol. The Labute approximate surface area is 146 Å². The van der Waals surface area contributed by atoms with Crippen LogP contribution in [0.3, 0.4) is 0 Å². The van der Waals surface area contributed by atoms with Crippen LogP contribution < -0.4 is 0 Å². The first-order valence-corrected chi connectivity index (χ1v) is 9.27. The third-order valence-corrected chi connectivity index (χ3v) is 7.16. The number of likely N-dealkylation sites (tertiary alicyclic amines) is 1. The molecule has 0 unspecified atom stereocenters. The van der Waals surface area contributed by atoms with E-state index < -0.39 is 11.4 Å². The van der Waals surface area contributed by atoms with Crippen molar-refractivity contribution >= 4 is 29.5 Å². The molecule has 0 saturated carbocycles. The molecule has 0 radical (unpaired) electrons. The molecule has 3 rings (SSSR count). The quantitative estimate of drug-likeness (QED) is 0.785. The van der Waals surface area contributed by atoms with Crippen LogP contribution in [0.2, 0.25) is 0 Å². The number of hydrogen-bond donors (Lipinski definition) is 1. The summed E-state index contributed by atoms with van der Waals surface area (Å²) >= 11 is 1.60. The number of aliphatic carboxylic acids is 1. The van der Waals surface area contributed by atoms with Gasteiger partial charge in [0.15, 0.2) is 0 Å². The van der Waals surface area contributed by atoms with Crippen molar-refractivity contribution in [3.63, 3.8) is 0 Å². The summed E-state index contributed by atoms with van der Waals surface area (Å²) in [6.07, 6.45) is 1.71. The van der Waals surface area contributed by atoms with E-state index in [0.29, 0.717) is 18.3 Å². The average molecular weight is 352 g/mol. The Kier molecular flexibility index (Phi) is 4.18. The molecule has 2 amide bonds. The lowest BCUT2D eigenvalue weighted by atomic mass is 9.70. The zero-order chi connectivity index (χ0) is 17.8. The maximum absolute atomic E-state index is 12.4. The number of thioether (sulfide) groups is 1. The fraction of sp³-hybridized carbons (Fsp3) is 0.706. The molecule has 0 spiro atoms. The third-order valence-electron chi connectivity index (χ3n) is 5.53. The minimum Gasteiger partial charge on any atom is -0.477 e. The highest BCUT2D eigenvalue weighted by Crippen LogP contribution is 2.55. The van der Waals surface area contributed by atoms with Crippen LogP contribution >= 0.6 is 11.8 Å². The average Bonchev–Trinajstić information content (AvgIpc) is 2.79. The molecule has 7 heteroatoms. The fourth-order valence-corrected chi connectivity index (χ4v) is 5.67. The summed E-state index contributed by atoms with van der Waals surface area (Å²) in [5.41, 5.74) is -0.323. The van der Waals surface area contributed by atoms with E-state index in [1.54, 1.807) is 18.7 Å². The second-order valence-corrected chi connectivity index (χ2v) is 8.81. The molecule has 0 bridgehead atoms. The molecule has 1 N–H and O–H groups in total. The molecule has 2 atom stereocenters. The first-order chi connectivity index (χ1) is 11.2. The minimum absolute atomic E-state index is 0.0413. The van der Waals surface area contributed by atoms with Crippen LogP contribution in [-0.4, -0.2) is 57.1 Å². The topological polar surface area (TPSA) is 77.9 Å². The van der Waals surface area contributed by atoms with Crippen LogP contribution in [0.1, 0.15) is 40.5 Å². The number of hydrogen-bond acceptors (Lipinski definition) is 4. The molecule has 0 aromatic rings. The highest BCUT2D eigenvalue weighted by atomic mass is 32.2. The van der Waals surface area contributed by atoms with Gasteiger partial charge < -0.3 is 14.9 Å². The Morgan fingerprint density at radius 3 is 2.33 bits per heavy atom. The van der Waals surface area contributed by atoms with Gasteiger partial charge in [-0.3, -0.25) is 9.59 Å². The molecule has 24 heavy (non-hydrogen) atoms. The van der Waals surface area contributed by atoms with Gasteiger partial charge in [-0.2, -0.15) is 0 Å². The minimum atomic E-state index is -1.02. The van der Waals surface area contributed by atoms with Crippen LogP contribution in [-0.2, 0) is 14.4 Å². The van der Waals surface area contributed by atoms with Crippen molar-refractivity contribution in [1.82, 2.24) is 9.80 Å². The van der Waals surface area contributed by atoms with Gasteiger partial charge in [0.05, 0.1) is 11.5 Å². The molecule has 3 aliphatic heterocycles. The monoisotopic (exact) mass is 352 g/mol.